The number of alkyl carbamates (subject to hydrolysis) is 2. The highest BCUT2D eigenvalue weighted by molar-refractivity contribution is 5.89. The van der Waals surface area contributed by atoms with Crippen molar-refractivity contribution < 1.29 is 28.7 Å². The molecule has 292 valence electrons. The number of methoxy groups -OCH3 is 2. The number of aromatic nitrogens is 4. The molecule has 2 aromatic heterocycles. The third-order valence-corrected chi connectivity index (χ3v) is 11.3. The minimum absolute atomic E-state index is 0.0924. The fourth-order valence-corrected chi connectivity index (χ4v) is 8.08. The number of ether oxygens (including phenoxy) is 2. The molecule has 0 saturated carbocycles. The van der Waals surface area contributed by atoms with Crippen molar-refractivity contribution in [2.45, 2.75) is 62.8 Å². The Balaban J connectivity index is 0.970. The molecule has 14 heteroatoms. The SMILES string of the molecule is COC(=O)N[C@H]1CC[C@H]2CC[C@@H](c3nc4ccc(-c5ccc(-c6ccc7nc([C@H](C)N(C)C(=O)[C@H](NC(=O)OC)c8ccccc8)[nH]c7c6)cc5)cc4[nH]3)N2C1=O. The van der Waals surface area contributed by atoms with Gasteiger partial charge in [0.15, 0.2) is 0 Å². The van der Waals surface area contributed by atoms with Gasteiger partial charge in [0.25, 0.3) is 0 Å². The average Bonchev–Trinajstić information content (AvgIpc) is 4.00. The second-order valence-electron chi connectivity index (χ2n) is 14.6. The van der Waals surface area contributed by atoms with Crippen LogP contribution in [0.15, 0.2) is 91.0 Å². The topological polar surface area (TPSA) is 175 Å². The summed E-state index contributed by atoms with van der Waals surface area (Å²) in [5.41, 5.74) is 8.08. The molecule has 2 fully saturated rings. The lowest BCUT2D eigenvalue weighted by Gasteiger charge is -2.37. The Bertz CT molecular complexity index is 2460. The summed E-state index contributed by atoms with van der Waals surface area (Å²) < 4.78 is 9.53. The highest BCUT2D eigenvalue weighted by Crippen LogP contribution is 2.41. The molecule has 0 radical (unpaired) electrons. The number of benzene rings is 4. The number of likely N-dealkylation sites (N-methyl/N-ethyl adjacent to an activating group) is 1. The monoisotopic (exact) mass is 768 g/mol. The zero-order valence-electron chi connectivity index (χ0n) is 32.1. The molecule has 4 amide bonds. The smallest absolute Gasteiger partial charge is 0.407 e. The van der Waals surface area contributed by atoms with Crippen molar-refractivity contribution in [1.82, 2.24) is 40.4 Å². The van der Waals surface area contributed by atoms with Gasteiger partial charge in [-0.05, 0) is 84.7 Å². The third kappa shape index (κ3) is 7.26. The van der Waals surface area contributed by atoms with Gasteiger partial charge in [0.05, 0.1) is 48.4 Å². The van der Waals surface area contributed by atoms with Crippen molar-refractivity contribution in [3.63, 3.8) is 0 Å². The lowest BCUT2D eigenvalue weighted by atomic mass is 9.98. The molecule has 8 rings (SSSR count). The molecule has 0 unspecified atom stereocenters. The van der Waals surface area contributed by atoms with E-state index in [1.54, 1.807) is 24.1 Å². The molecule has 2 aliphatic heterocycles. The summed E-state index contributed by atoms with van der Waals surface area (Å²) in [7, 11) is 4.25. The van der Waals surface area contributed by atoms with Gasteiger partial charge in [0.2, 0.25) is 11.8 Å². The number of fused-ring (bicyclic) bond motifs is 3. The van der Waals surface area contributed by atoms with Crippen LogP contribution in [0.5, 0.6) is 0 Å². The van der Waals surface area contributed by atoms with E-state index in [4.69, 9.17) is 19.4 Å². The van der Waals surface area contributed by atoms with E-state index in [9.17, 15) is 19.2 Å². The van der Waals surface area contributed by atoms with Crippen LogP contribution in [0.4, 0.5) is 9.59 Å². The number of rotatable bonds is 9. The molecule has 14 nitrogen and oxygen atoms in total. The number of amides is 4. The molecule has 57 heavy (non-hydrogen) atoms. The van der Waals surface area contributed by atoms with Gasteiger partial charge in [0, 0.05) is 13.1 Å². The van der Waals surface area contributed by atoms with Crippen LogP contribution in [-0.2, 0) is 19.1 Å². The lowest BCUT2D eigenvalue weighted by Crippen LogP contribution is -2.54. The number of aromatic amines is 2. The maximum atomic E-state index is 13.7. The Morgan fingerprint density at radius 1 is 0.772 bits per heavy atom. The Hall–Kier alpha value is -6.70. The van der Waals surface area contributed by atoms with E-state index < -0.39 is 30.3 Å². The minimum atomic E-state index is -0.928. The van der Waals surface area contributed by atoms with Gasteiger partial charge in [-0.25, -0.2) is 19.6 Å². The molecule has 2 saturated heterocycles. The number of nitrogens with zero attached hydrogens (tertiary/aromatic N) is 4. The van der Waals surface area contributed by atoms with Crippen LogP contribution in [-0.4, -0.2) is 87.1 Å². The maximum absolute atomic E-state index is 13.7. The first-order valence-corrected chi connectivity index (χ1v) is 19.0. The van der Waals surface area contributed by atoms with Crippen molar-refractivity contribution in [2.24, 2.45) is 0 Å². The van der Waals surface area contributed by atoms with E-state index in [1.165, 1.54) is 14.2 Å². The number of hydrogen-bond donors (Lipinski definition) is 4. The lowest BCUT2D eigenvalue weighted by molar-refractivity contribution is -0.139. The Morgan fingerprint density at radius 2 is 1.37 bits per heavy atom. The van der Waals surface area contributed by atoms with Crippen molar-refractivity contribution >= 4 is 46.1 Å². The number of piperidine rings is 1. The van der Waals surface area contributed by atoms with E-state index in [2.05, 4.69) is 57.0 Å². The molecule has 0 spiro atoms. The Kier molecular flexibility index (Phi) is 10.1. The molecule has 2 aliphatic rings. The second kappa shape index (κ2) is 15.4. The maximum Gasteiger partial charge on any atom is 0.407 e. The zero-order valence-corrected chi connectivity index (χ0v) is 32.1. The van der Waals surface area contributed by atoms with E-state index in [0.717, 1.165) is 69.4 Å². The molecule has 4 N–H and O–H groups in total. The first-order chi connectivity index (χ1) is 27.6. The normalized spacial score (nSPS) is 18.8. The van der Waals surface area contributed by atoms with Crippen molar-refractivity contribution in [2.75, 3.05) is 21.3 Å². The van der Waals surface area contributed by atoms with Gasteiger partial charge in [-0.3, -0.25) is 9.59 Å². The summed E-state index contributed by atoms with van der Waals surface area (Å²) in [5, 5.41) is 5.35. The van der Waals surface area contributed by atoms with Crippen LogP contribution in [0.2, 0.25) is 0 Å². The van der Waals surface area contributed by atoms with E-state index in [0.29, 0.717) is 17.8 Å². The van der Waals surface area contributed by atoms with Crippen molar-refractivity contribution in [1.29, 1.82) is 0 Å². The quantitative estimate of drug-likeness (QED) is 0.122. The average molecular weight is 769 g/mol. The first kappa shape index (κ1) is 37.2. The summed E-state index contributed by atoms with van der Waals surface area (Å²) >= 11 is 0. The van der Waals surface area contributed by atoms with Crippen LogP contribution in [0.25, 0.3) is 44.3 Å². The molecule has 6 aromatic rings. The number of nitrogens with one attached hydrogen (secondary N) is 4. The molecule has 0 aliphatic carbocycles. The van der Waals surface area contributed by atoms with Crippen LogP contribution in [0.3, 0.4) is 0 Å². The van der Waals surface area contributed by atoms with Gasteiger partial charge in [-0.1, -0.05) is 66.7 Å². The highest BCUT2D eigenvalue weighted by atomic mass is 16.5. The fourth-order valence-electron chi connectivity index (χ4n) is 8.08. The molecular formula is C43H44N8O6. The number of hydrogen-bond acceptors (Lipinski definition) is 8. The molecule has 5 atom stereocenters. The summed E-state index contributed by atoms with van der Waals surface area (Å²) in [6, 6.07) is 27.6. The van der Waals surface area contributed by atoms with E-state index >= 15 is 0 Å². The van der Waals surface area contributed by atoms with Gasteiger partial charge in [0.1, 0.15) is 23.7 Å². The summed E-state index contributed by atoms with van der Waals surface area (Å²) in [4.78, 5) is 71.2. The van der Waals surface area contributed by atoms with Gasteiger partial charge in [-0.2, -0.15) is 0 Å². The number of carbonyl (C=O) groups excluding carboxylic acids is 4. The largest absolute Gasteiger partial charge is 0.453 e. The van der Waals surface area contributed by atoms with Gasteiger partial charge >= 0.3 is 12.2 Å². The van der Waals surface area contributed by atoms with Crippen LogP contribution >= 0.6 is 0 Å². The van der Waals surface area contributed by atoms with Crippen molar-refractivity contribution in [3.05, 3.63) is 108 Å². The molecular weight excluding hydrogens is 725 g/mol. The minimum Gasteiger partial charge on any atom is -0.453 e. The number of imidazole rings is 2. The first-order valence-electron chi connectivity index (χ1n) is 19.0. The third-order valence-electron chi connectivity index (χ3n) is 11.3. The van der Waals surface area contributed by atoms with Crippen LogP contribution in [0.1, 0.15) is 67.9 Å². The highest BCUT2D eigenvalue weighted by Gasteiger charge is 2.45. The van der Waals surface area contributed by atoms with Crippen LogP contribution < -0.4 is 10.6 Å². The zero-order chi connectivity index (χ0) is 39.8. The number of H-pyrrole nitrogens is 2. The van der Waals surface area contributed by atoms with Gasteiger partial charge < -0.3 is 39.9 Å². The fraction of sp³-hybridized carbons (Fsp3) is 0.302. The second-order valence-corrected chi connectivity index (χ2v) is 14.6. The predicted octanol–water partition coefficient (Wildman–Crippen LogP) is 6.94. The summed E-state index contributed by atoms with van der Waals surface area (Å²) in [5.74, 6) is 0.970. The van der Waals surface area contributed by atoms with E-state index in [1.807, 2.05) is 54.3 Å². The van der Waals surface area contributed by atoms with Gasteiger partial charge in [-0.15, -0.1) is 0 Å². The summed E-state index contributed by atoms with van der Waals surface area (Å²) in [6.07, 6.45) is 1.83. The van der Waals surface area contributed by atoms with Crippen LogP contribution in [0, 0.1) is 0 Å². The standard InChI is InChI=1S/C43H44N8O6/c1-24(50(2)41(53)37(49-43(55)57-4)27-8-6-5-7-9-27)38-44-31-18-14-28(22-34(31)46-38)25-10-12-26(13-11-25)29-15-19-32-35(23-29)47-39(45-32)36-21-17-30-16-20-33(40(52)51(30)36)48-42(54)56-3/h5-15,18-19,22-24,30,33,36-37H,16-17,20-21H2,1-4H3,(H,44,46)(H,45,47)(H,48,54)(H,49,55)/t24-,30-,33-,36-,37+/m0/s1. The molecule has 0 bridgehead atoms. The molecule has 4 aromatic carbocycles. The van der Waals surface area contributed by atoms with E-state index in [-0.39, 0.29) is 23.9 Å². The Labute approximate surface area is 329 Å². The molecule has 4 heterocycles. The Morgan fingerprint density at radius 3 is 2.02 bits per heavy atom. The number of carbonyl (C=O) groups is 4. The summed E-state index contributed by atoms with van der Waals surface area (Å²) in [6.45, 7) is 1.89. The van der Waals surface area contributed by atoms with Crippen molar-refractivity contribution in [3.8, 4) is 22.3 Å². The predicted molar refractivity (Wildman–Crippen MR) is 214 cm³/mol.